The van der Waals surface area contributed by atoms with Crippen molar-refractivity contribution in [2.24, 2.45) is 0 Å². The predicted molar refractivity (Wildman–Crippen MR) is 84.2 cm³/mol. The Morgan fingerprint density at radius 1 is 1.36 bits per heavy atom. The van der Waals surface area contributed by atoms with Crippen molar-refractivity contribution in [1.29, 1.82) is 0 Å². The number of unbranched alkanes of at least 4 members (excludes halogenated alkanes) is 1. The first-order valence-electron chi connectivity index (χ1n) is 7.78. The van der Waals surface area contributed by atoms with E-state index in [9.17, 15) is 19.7 Å². The van der Waals surface area contributed by atoms with Crippen molar-refractivity contribution in [3.8, 4) is 11.5 Å². The number of hydrogen-bond acceptors (Lipinski definition) is 8. The fourth-order valence-electron chi connectivity index (χ4n) is 2.41. The molecule has 0 aromatic heterocycles. The van der Waals surface area contributed by atoms with Gasteiger partial charge in [0.1, 0.15) is 0 Å². The highest BCUT2D eigenvalue weighted by Crippen LogP contribution is 2.43. The molecule has 9 nitrogen and oxygen atoms in total. The van der Waals surface area contributed by atoms with Crippen LogP contribution in [0.4, 0.5) is 5.69 Å². The van der Waals surface area contributed by atoms with Crippen LogP contribution in [0.3, 0.4) is 0 Å². The third kappa shape index (κ3) is 4.17. The number of esters is 2. The van der Waals surface area contributed by atoms with Crippen molar-refractivity contribution in [1.82, 2.24) is 0 Å². The molecular formula is C16H19NO8. The predicted octanol–water partition coefficient (Wildman–Crippen LogP) is 2.66. The van der Waals surface area contributed by atoms with E-state index in [4.69, 9.17) is 18.9 Å². The lowest BCUT2D eigenvalue weighted by Gasteiger charge is -2.17. The van der Waals surface area contributed by atoms with Crippen LogP contribution in [0.2, 0.25) is 0 Å². The zero-order valence-corrected chi connectivity index (χ0v) is 14.1. The highest BCUT2D eigenvalue weighted by Gasteiger charge is 2.37. The first kappa shape index (κ1) is 18.5. The van der Waals surface area contributed by atoms with Gasteiger partial charge in [0.05, 0.1) is 23.7 Å². The summed E-state index contributed by atoms with van der Waals surface area (Å²) >= 11 is 0. The second kappa shape index (κ2) is 7.82. The summed E-state index contributed by atoms with van der Waals surface area (Å²) in [5.41, 5.74) is -0.256. The average Bonchev–Trinajstić information content (AvgIpc) is 2.68. The van der Waals surface area contributed by atoms with E-state index in [1.807, 2.05) is 6.92 Å². The van der Waals surface area contributed by atoms with E-state index in [-0.39, 0.29) is 22.7 Å². The number of ether oxygens (including phenoxy) is 4. The number of carbonyl (C=O) groups excluding carboxylic acids is 2. The van der Waals surface area contributed by atoms with Crippen molar-refractivity contribution >= 4 is 17.6 Å². The van der Waals surface area contributed by atoms with Crippen LogP contribution in [0.15, 0.2) is 12.1 Å². The molecule has 0 N–H and O–H groups in total. The maximum absolute atomic E-state index is 12.3. The number of carbonyl (C=O) groups is 2. The van der Waals surface area contributed by atoms with Crippen LogP contribution in [-0.4, -0.2) is 30.1 Å². The van der Waals surface area contributed by atoms with Gasteiger partial charge in [0.15, 0.2) is 17.6 Å². The van der Waals surface area contributed by atoms with Gasteiger partial charge in [0.2, 0.25) is 0 Å². The van der Waals surface area contributed by atoms with E-state index < -0.39 is 29.3 Å². The van der Waals surface area contributed by atoms with Gasteiger partial charge in [-0.15, -0.1) is 0 Å². The third-order valence-corrected chi connectivity index (χ3v) is 3.59. The fraction of sp³-hybridized carbons (Fsp3) is 0.500. The molecule has 0 fully saturated rings. The van der Waals surface area contributed by atoms with Gasteiger partial charge >= 0.3 is 11.9 Å². The minimum atomic E-state index is -1.44. The lowest BCUT2D eigenvalue weighted by atomic mass is 10.1. The van der Waals surface area contributed by atoms with E-state index in [0.717, 1.165) is 19.4 Å². The molecule has 9 heteroatoms. The molecule has 2 atom stereocenters. The van der Waals surface area contributed by atoms with E-state index in [1.54, 1.807) is 0 Å². The van der Waals surface area contributed by atoms with Crippen LogP contribution in [-0.2, 0) is 19.1 Å². The van der Waals surface area contributed by atoms with E-state index in [0.29, 0.717) is 12.8 Å². The number of cyclic esters (lactones) is 1. The first-order valence-corrected chi connectivity index (χ1v) is 7.78. The van der Waals surface area contributed by atoms with Gasteiger partial charge in [-0.2, -0.15) is 0 Å². The summed E-state index contributed by atoms with van der Waals surface area (Å²) in [5.74, 6) is -1.27. The normalized spacial score (nSPS) is 19.1. The van der Waals surface area contributed by atoms with Crippen LogP contribution in [0, 0.1) is 10.1 Å². The Morgan fingerprint density at radius 2 is 2.08 bits per heavy atom. The second-order valence-corrected chi connectivity index (χ2v) is 5.45. The Balaban J connectivity index is 2.55. The van der Waals surface area contributed by atoms with Crippen molar-refractivity contribution in [3.05, 3.63) is 27.8 Å². The summed E-state index contributed by atoms with van der Waals surface area (Å²) in [7, 11) is 1.32. The zero-order valence-electron chi connectivity index (χ0n) is 14.1. The molecule has 0 saturated heterocycles. The molecule has 1 aromatic carbocycles. The second-order valence-electron chi connectivity index (χ2n) is 5.45. The lowest BCUT2D eigenvalue weighted by molar-refractivity contribution is -0.385. The average molecular weight is 353 g/mol. The quantitative estimate of drug-likeness (QED) is 0.435. The highest BCUT2D eigenvalue weighted by molar-refractivity contribution is 5.77. The molecule has 136 valence electrons. The number of rotatable bonds is 6. The van der Waals surface area contributed by atoms with E-state index >= 15 is 0 Å². The van der Waals surface area contributed by atoms with Crippen LogP contribution < -0.4 is 9.47 Å². The molecule has 0 spiro atoms. The monoisotopic (exact) mass is 353 g/mol. The molecule has 1 aliphatic rings. The number of non-ortho nitro benzene ring substituents is 1. The molecular weight excluding hydrogens is 334 g/mol. The lowest BCUT2D eigenvalue weighted by Crippen LogP contribution is -2.28. The minimum absolute atomic E-state index is 0.0496. The molecule has 0 amide bonds. The molecule has 1 aromatic rings. The van der Waals surface area contributed by atoms with Crippen molar-refractivity contribution < 1.29 is 33.5 Å². The maximum Gasteiger partial charge on any atom is 0.350 e. The standard InChI is InChI=1S/C16H19NO8/c1-4-5-6-12-15(19)25-16(23-9(2)18)11-7-10(17(20)21)8-13(22-3)14(11)24-12/h7-8,12,16H,4-6H2,1-3H3. The van der Waals surface area contributed by atoms with Gasteiger partial charge in [-0.1, -0.05) is 13.3 Å². The highest BCUT2D eigenvalue weighted by atomic mass is 16.7. The number of nitro benzene ring substituents is 1. The molecule has 2 rings (SSSR count). The van der Waals surface area contributed by atoms with Crippen LogP contribution in [0.25, 0.3) is 0 Å². The van der Waals surface area contributed by atoms with Gasteiger partial charge in [-0.3, -0.25) is 14.9 Å². The maximum atomic E-state index is 12.3. The number of methoxy groups -OCH3 is 1. The van der Waals surface area contributed by atoms with Crippen molar-refractivity contribution in [2.75, 3.05) is 7.11 Å². The van der Waals surface area contributed by atoms with E-state index in [1.165, 1.54) is 13.2 Å². The largest absolute Gasteiger partial charge is 0.493 e. The van der Waals surface area contributed by atoms with Crippen LogP contribution in [0.5, 0.6) is 11.5 Å². The van der Waals surface area contributed by atoms with Gasteiger partial charge in [0, 0.05) is 13.0 Å². The number of fused-ring (bicyclic) bond motifs is 1. The molecule has 0 bridgehead atoms. The van der Waals surface area contributed by atoms with Gasteiger partial charge in [-0.25, -0.2) is 4.79 Å². The summed E-state index contributed by atoms with van der Waals surface area (Å²) in [6, 6.07) is 2.32. The van der Waals surface area contributed by atoms with Crippen molar-refractivity contribution in [3.63, 3.8) is 0 Å². The van der Waals surface area contributed by atoms with Gasteiger partial charge in [-0.05, 0) is 12.8 Å². The summed E-state index contributed by atoms with van der Waals surface area (Å²) in [6.45, 7) is 3.10. The van der Waals surface area contributed by atoms with E-state index in [2.05, 4.69) is 0 Å². The smallest absolute Gasteiger partial charge is 0.350 e. The molecule has 0 aliphatic carbocycles. The molecule has 0 radical (unpaired) electrons. The zero-order chi connectivity index (χ0) is 18.6. The summed E-state index contributed by atoms with van der Waals surface area (Å²) in [6.07, 6.45) is -0.426. The Morgan fingerprint density at radius 3 is 2.64 bits per heavy atom. The van der Waals surface area contributed by atoms with Gasteiger partial charge < -0.3 is 18.9 Å². The summed E-state index contributed by atoms with van der Waals surface area (Å²) in [5, 5.41) is 11.1. The Kier molecular flexibility index (Phi) is 5.79. The Labute approximate surface area is 144 Å². The number of hydrogen-bond donors (Lipinski definition) is 0. The fourth-order valence-corrected chi connectivity index (χ4v) is 2.41. The number of nitro groups is 1. The third-order valence-electron chi connectivity index (χ3n) is 3.59. The van der Waals surface area contributed by atoms with Crippen LogP contribution in [0.1, 0.15) is 45.0 Å². The molecule has 0 saturated carbocycles. The SMILES string of the molecule is CCCCC1Oc2c(OC)cc([N+](=O)[O-])cc2C(OC(C)=O)OC1=O. The molecule has 1 aliphatic heterocycles. The summed E-state index contributed by atoms with van der Waals surface area (Å²) in [4.78, 5) is 34.1. The number of benzene rings is 1. The Bertz CT molecular complexity index is 687. The van der Waals surface area contributed by atoms with Crippen molar-refractivity contribution in [2.45, 2.75) is 45.5 Å². The van der Waals surface area contributed by atoms with Gasteiger partial charge in [0.25, 0.3) is 12.0 Å². The minimum Gasteiger partial charge on any atom is -0.493 e. The molecule has 2 unspecified atom stereocenters. The first-order chi connectivity index (χ1) is 11.9. The number of nitrogens with zero attached hydrogens (tertiary/aromatic N) is 1. The molecule has 1 heterocycles. The Hall–Kier alpha value is -2.84. The topological polar surface area (TPSA) is 114 Å². The summed E-state index contributed by atoms with van der Waals surface area (Å²) < 4.78 is 21.1. The van der Waals surface area contributed by atoms with Crippen LogP contribution >= 0.6 is 0 Å². The molecule has 25 heavy (non-hydrogen) atoms.